The van der Waals surface area contributed by atoms with Crippen LogP contribution in [0.25, 0.3) is 83.0 Å². The van der Waals surface area contributed by atoms with Gasteiger partial charge in [-0.25, -0.2) is 4.98 Å². The summed E-state index contributed by atoms with van der Waals surface area (Å²) in [5, 5.41) is 6.97. The summed E-state index contributed by atoms with van der Waals surface area (Å²) in [5.41, 5.74) is 11.4. The fourth-order valence-electron chi connectivity index (χ4n) is 10.0. The fraction of sp³-hybridized carbons (Fsp3) is 0.246. The molecule has 4 aromatic heterocycles. The van der Waals surface area contributed by atoms with Gasteiger partial charge >= 0.3 is 144 Å². The van der Waals surface area contributed by atoms with E-state index in [1.165, 1.54) is 65.6 Å². The van der Waals surface area contributed by atoms with E-state index < -0.39 is 13.3 Å². The molecular weight excluding hydrogens is 1020 g/mol. The molecule has 1 fully saturated rings. The van der Waals surface area contributed by atoms with Crippen molar-refractivity contribution in [2.45, 2.75) is 82.5 Å². The van der Waals surface area contributed by atoms with Crippen LogP contribution in [0, 0.1) is 25.0 Å². The number of pyridine rings is 2. The van der Waals surface area contributed by atoms with Gasteiger partial charge in [-0.05, 0) is 58.8 Å². The standard InChI is InChI=1S/C36H26N3O.C21H28GeN.Ir/c1-21(2)32-25-13-6-4-11-23(25)24-12-5-7-14-26(24)33(32)39-31-18-9-8-17-30(31)38-35(39)29-16-10-15-27-28-20-19-22(3)37-36(28)40-34(27)29;1-22(2,3)20-16-23-21(18-12-8-5-9-13-18)15-19(20)14-17-10-6-4-7-11-17;/h4-15,17-21H,1-3H3;5,8-9,12,15-17H,4,6-7,10-11,14H2,1-3H3;/q2*-1;. The molecule has 10 aromatic rings. The van der Waals surface area contributed by atoms with E-state index in [1.54, 1.807) is 9.96 Å². The number of imidazole rings is 1. The van der Waals surface area contributed by atoms with Crippen LogP contribution in [0.4, 0.5) is 0 Å². The second-order valence-electron chi connectivity index (χ2n) is 18.7. The van der Waals surface area contributed by atoms with Crippen molar-refractivity contribution in [3.63, 3.8) is 0 Å². The van der Waals surface area contributed by atoms with E-state index in [2.05, 4.69) is 156 Å². The van der Waals surface area contributed by atoms with E-state index >= 15 is 0 Å². The molecule has 0 N–H and O–H groups in total. The van der Waals surface area contributed by atoms with Gasteiger partial charge in [-0.3, -0.25) is 4.98 Å². The van der Waals surface area contributed by atoms with Crippen molar-refractivity contribution < 1.29 is 24.5 Å². The van der Waals surface area contributed by atoms with E-state index in [0.29, 0.717) is 5.71 Å². The van der Waals surface area contributed by atoms with E-state index in [9.17, 15) is 0 Å². The molecular formula is C57H54GeIrN4O-2. The molecule has 64 heavy (non-hydrogen) atoms. The van der Waals surface area contributed by atoms with Crippen molar-refractivity contribution in [3.8, 4) is 28.3 Å². The number of fused-ring (bicyclic) bond motifs is 7. The van der Waals surface area contributed by atoms with E-state index in [0.717, 1.165) is 67.3 Å². The van der Waals surface area contributed by atoms with Crippen LogP contribution < -0.4 is 4.40 Å². The molecule has 0 aliphatic heterocycles. The van der Waals surface area contributed by atoms with Crippen LogP contribution in [0.2, 0.25) is 17.3 Å². The molecule has 0 saturated heterocycles. The molecule has 1 radical (unpaired) electrons. The normalized spacial score (nSPS) is 13.5. The minimum atomic E-state index is -1.89. The molecule has 0 spiro atoms. The van der Waals surface area contributed by atoms with Crippen molar-refractivity contribution in [2.75, 3.05) is 0 Å². The molecule has 1 aliphatic rings. The summed E-state index contributed by atoms with van der Waals surface area (Å²) >= 11 is -1.89. The van der Waals surface area contributed by atoms with Gasteiger partial charge in [0.1, 0.15) is 0 Å². The molecule has 7 heteroatoms. The van der Waals surface area contributed by atoms with Crippen LogP contribution in [0.15, 0.2) is 138 Å². The molecule has 323 valence electrons. The van der Waals surface area contributed by atoms with Gasteiger partial charge in [-0.1, -0.05) is 85.5 Å². The number of rotatable bonds is 7. The van der Waals surface area contributed by atoms with Crippen molar-refractivity contribution in [1.29, 1.82) is 0 Å². The van der Waals surface area contributed by atoms with Gasteiger partial charge in [0.2, 0.25) is 5.71 Å². The summed E-state index contributed by atoms with van der Waals surface area (Å²) < 4.78 is 10.4. The molecule has 0 unspecified atom stereocenters. The quantitative estimate of drug-likeness (QED) is 0.0907. The van der Waals surface area contributed by atoms with Crippen molar-refractivity contribution in [1.82, 2.24) is 19.5 Å². The maximum atomic E-state index is 6.45. The smallest absolute Gasteiger partial charge is 0 e. The Bertz CT molecular complexity index is 3280. The Balaban J connectivity index is 0.000000185. The minimum absolute atomic E-state index is 0. The monoisotopic (exact) mass is 1080 g/mol. The van der Waals surface area contributed by atoms with Gasteiger partial charge in [0.05, 0.1) is 28.1 Å². The molecule has 0 atom stereocenters. The molecule has 11 rings (SSSR count). The van der Waals surface area contributed by atoms with E-state index in [1.807, 2.05) is 37.3 Å². The van der Waals surface area contributed by atoms with E-state index in [4.69, 9.17) is 14.4 Å². The number of furan rings is 1. The van der Waals surface area contributed by atoms with Crippen molar-refractivity contribution in [2.24, 2.45) is 5.92 Å². The zero-order chi connectivity index (χ0) is 43.2. The molecule has 0 bridgehead atoms. The van der Waals surface area contributed by atoms with Gasteiger partial charge in [-0.2, -0.15) is 0 Å². The number of hydrogen-bond donors (Lipinski definition) is 0. The third kappa shape index (κ3) is 8.25. The third-order valence-corrected chi connectivity index (χ3v) is 17.3. The van der Waals surface area contributed by atoms with Crippen LogP contribution in [0.3, 0.4) is 0 Å². The Hall–Kier alpha value is -5.40. The van der Waals surface area contributed by atoms with Crippen LogP contribution in [0.1, 0.15) is 68.7 Å². The number of aromatic nitrogens is 4. The molecule has 1 aliphatic carbocycles. The fourth-order valence-corrected chi connectivity index (χ4v) is 13.4. The number of para-hydroxylation sites is 2. The first kappa shape index (κ1) is 43.8. The van der Waals surface area contributed by atoms with Crippen LogP contribution in [0.5, 0.6) is 0 Å². The maximum Gasteiger partial charge on any atom is 0 e. The average molecular weight is 1080 g/mol. The Morgan fingerprint density at radius 2 is 1.42 bits per heavy atom. The first-order valence-electron chi connectivity index (χ1n) is 22.7. The second kappa shape index (κ2) is 18.2. The predicted molar refractivity (Wildman–Crippen MR) is 266 cm³/mol. The van der Waals surface area contributed by atoms with Crippen molar-refractivity contribution >= 4 is 72.3 Å². The molecule has 5 nitrogen and oxygen atoms in total. The number of hydrogen-bond acceptors (Lipinski definition) is 4. The summed E-state index contributed by atoms with van der Waals surface area (Å²) in [4.78, 5) is 14.7. The third-order valence-electron chi connectivity index (χ3n) is 13.0. The summed E-state index contributed by atoms with van der Waals surface area (Å²) in [6, 6.07) is 51.4. The van der Waals surface area contributed by atoms with Gasteiger partial charge in [0, 0.05) is 36.6 Å². The first-order valence-corrected chi connectivity index (χ1v) is 30.1. The Kier molecular flexibility index (Phi) is 12.5. The summed E-state index contributed by atoms with van der Waals surface area (Å²) in [6.45, 7) is 6.54. The SMILES string of the molecule is Cc1ccc2c(n1)oc1c(-c3nc4ccccc4n3-c3c(C(C)C)c4ccccc4c4ccccc34)[c-]ccc12.[CH3][Ge]([CH3])([CH3])[c]1cnc(-c2[c-]cccc2)cc1CC1CCCCC1.[Ir]. The summed E-state index contributed by atoms with van der Waals surface area (Å²) in [7, 11) is 0. The van der Waals surface area contributed by atoms with Gasteiger partial charge in [-0.15, -0.1) is 18.2 Å². The number of benzene rings is 6. The molecule has 0 amide bonds. The minimum Gasteiger partial charge on any atom is 0 e. The number of nitrogens with zero attached hydrogens (tertiary/aromatic N) is 4. The zero-order valence-electron chi connectivity index (χ0n) is 37.6. The molecule has 1 saturated carbocycles. The summed E-state index contributed by atoms with van der Waals surface area (Å²) in [6.07, 6.45) is 10.5. The number of aryl methyl sites for hydroxylation is 1. The van der Waals surface area contributed by atoms with Crippen LogP contribution >= 0.6 is 0 Å². The predicted octanol–water partition coefficient (Wildman–Crippen LogP) is 14.7. The molecule has 6 aromatic carbocycles. The largest absolute Gasteiger partial charge is 0 e. The van der Waals surface area contributed by atoms with Crippen LogP contribution in [-0.2, 0) is 26.5 Å². The van der Waals surface area contributed by atoms with Gasteiger partial charge < -0.3 is 8.98 Å². The van der Waals surface area contributed by atoms with Crippen LogP contribution in [-0.4, -0.2) is 32.8 Å². The summed E-state index contributed by atoms with van der Waals surface area (Å²) in [5.74, 6) is 9.41. The maximum absolute atomic E-state index is 6.45. The van der Waals surface area contributed by atoms with Crippen molar-refractivity contribution in [3.05, 3.63) is 163 Å². The zero-order valence-corrected chi connectivity index (χ0v) is 42.1. The van der Waals surface area contributed by atoms with Gasteiger partial charge in [0.15, 0.2) is 0 Å². The topological polar surface area (TPSA) is 56.7 Å². The van der Waals surface area contributed by atoms with E-state index in [-0.39, 0.29) is 26.0 Å². The van der Waals surface area contributed by atoms with Gasteiger partial charge in [0.25, 0.3) is 0 Å². The Labute approximate surface area is 393 Å². The Morgan fingerprint density at radius 1 is 0.719 bits per heavy atom. The average Bonchev–Trinajstić information content (AvgIpc) is 3.87. The Morgan fingerprint density at radius 3 is 2.16 bits per heavy atom. The molecule has 4 heterocycles. The second-order valence-corrected chi connectivity index (χ2v) is 29.3. The first-order chi connectivity index (χ1) is 30.6.